The summed E-state index contributed by atoms with van der Waals surface area (Å²) in [5.41, 5.74) is 11.0. The highest BCUT2D eigenvalue weighted by molar-refractivity contribution is 5.77. The van der Waals surface area contributed by atoms with Crippen molar-refractivity contribution in [3.05, 3.63) is 29.1 Å². The average molecular weight is 243 g/mol. The Hall–Kier alpha value is -1.35. The maximum atomic E-state index is 6.53. The molecule has 1 aromatic heterocycles. The van der Waals surface area contributed by atoms with Crippen LogP contribution in [-0.2, 0) is 5.54 Å². The number of H-pyrrole nitrogens is 1. The van der Waals surface area contributed by atoms with Gasteiger partial charge in [0.25, 0.3) is 0 Å². The highest BCUT2D eigenvalue weighted by atomic mass is 15.0. The molecule has 0 radical (unpaired) electrons. The zero-order chi connectivity index (χ0) is 12.8. The molecule has 0 aliphatic heterocycles. The molecule has 1 aliphatic rings. The summed E-state index contributed by atoms with van der Waals surface area (Å²) in [4.78, 5) is 8.17. The number of hydrogen-bond acceptors (Lipinski definition) is 2. The van der Waals surface area contributed by atoms with Crippen LogP contribution in [0.1, 0.15) is 49.1 Å². The molecular weight excluding hydrogens is 222 g/mol. The molecule has 2 aromatic rings. The predicted octanol–water partition coefficient (Wildman–Crippen LogP) is 3.30. The zero-order valence-corrected chi connectivity index (χ0v) is 11.2. The summed E-state index contributed by atoms with van der Waals surface area (Å²) in [6, 6.07) is 4.32. The smallest absolute Gasteiger partial charge is 0.127 e. The second kappa shape index (κ2) is 4.09. The second-order valence-electron chi connectivity index (χ2n) is 5.76. The van der Waals surface area contributed by atoms with Gasteiger partial charge in [-0.3, -0.25) is 0 Å². The average Bonchev–Trinajstić information content (AvgIpc) is 2.74. The fraction of sp³-hybridized carbons (Fsp3) is 0.533. The number of aromatic nitrogens is 2. The van der Waals surface area contributed by atoms with E-state index in [-0.39, 0.29) is 5.54 Å². The Kier molecular flexibility index (Phi) is 2.67. The van der Waals surface area contributed by atoms with Crippen LogP contribution >= 0.6 is 0 Å². The van der Waals surface area contributed by atoms with Gasteiger partial charge in [0, 0.05) is 0 Å². The molecule has 0 spiro atoms. The van der Waals surface area contributed by atoms with Crippen LogP contribution in [0.5, 0.6) is 0 Å². The first-order valence-corrected chi connectivity index (χ1v) is 6.85. The molecule has 0 amide bonds. The summed E-state index contributed by atoms with van der Waals surface area (Å²) in [5, 5.41) is 0. The van der Waals surface area contributed by atoms with Gasteiger partial charge in [-0.25, -0.2) is 4.98 Å². The van der Waals surface area contributed by atoms with Crippen molar-refractivity contribution in [2.24, 2.45) is 5.73 Å². The number of rotatable bonds is 1. The lowest BCUT2D eigenvalue weighted by molar-refractivity contribution is 0.289. The van der Waals surface area contributed by atoms with Crippen molar-refractivity contribution in [1.29, 1.82) is 0 Å². The lowest BCUT2D eigenvalue weighted by atomic mass is 9.82. The third-order valence-corrected chi connectivity index (χ3v) is 4.31. The van der Waals surface area contributed by atoms with E-state index in [4.69, 9.17) is 10.7 Å². The summed E-state index contributed by atoms with van der Waals surface area (Å²) in [6.45, 7) is 4.26. The molecular formula is C15H21N3. The van der Waals surface area contributed by atoms with Gasteiger partial charge in [0.15, 0.2) is 0 Å². The van der Waals surface area contributed by atoms with E-state index in [1.165, 1.54) is 30.4 Å². The molecule has 0 unspecified atom stereocenters. The Morgan fingerprint density at radius 2 is 1.78 bits per heavy atom. The summed E-state index contributed by atoms with van der Waals surface area (Å²) >= 11 is 0. The van der Waals surface area contributed by atoms with Crippen molar-refractivity contribution in [2.75, 3.05) is 0 Å². The third kappa shape index (κ3) is 1.83. The number of benzene rings is 1. The summed E-state index contributed by atoms with van der Waals surface area (Å²) in [6.07, 6.45) is 5.82. The highest BCUT2D eigenvalue weighted by Gasteiger charge is 2.32. The summed E-state index contributed by atoms with van der Waals surface area (Å²) in [7, 11) is 0. The summed E-state index contributed by atoms with van der Waals surface area (Å²) in [5.74, 6) is 0.974. The van der Waals surface area contributed by atoms with E-state index in [2.05, 4.69) is 31.0 Å². The molecule has 0 bridgehead atoms. The molecule has 3 heteroatoms. The fourth-order valence-electron chi connectivity index (χ4n) is 2.92. The number of nitrogens with one attached hydrogen (secondary N) is 1. The molecule has 96 valence electrons. The first kappa shape index (κ1) is 11.7. The molecule has 0 atom stereocenters. The summed E-state index contributed by atoms with van der Waals surface area (Å²) < 4.78 is 0. The molecule has 1 heterocycles. The quantitative estimate of drug-likeness (QED) is 0.807. The van der Waals surface area contributed by atoms with Gasteiger partial charge in [0.2, 0.25) is 0 Å². The standard InChI is InChI=1S/C15H21N3/c1-10-8-12-13(9-11(10)2)18-14(17-12)15(16)6-4-3-5-7-15/h8-9H,3-7,16H2,1-2H3,(H,17,18). The Morgan fingerprint density at radius 3 is 2.50 bits per heavy atom. The van der Waals surface area contributed by atoms with Crippen LogP contribution in [0.4, 0.5) is 0 Å². The van der Waals surface area contributed by atoms with Gasteiger partial charge < -0.3 is 10.7 Å². The van der Waals surface area contributed by atoms with Crippen molar-refractivity contribution >= 4 is 11.0 Å². The number of imidazole rings is 1. The molecule has 3 rings (SSSR count). The van der Waals surface area contributed by atoms with E-state index < -0.39 is 0 Å². The van der Waals surface area contributed by atoms with Gasteiger partial charge in [-0.1, -0.05) is 19.3 Å². The van der Waals surface area contributed by atoms with Crippen LogP contribution in [0.25, 0.3) is 11.0 Å². The van der Waals surface area contributed by atoms with Gasteiger partial charge >= 0.3 is 0 Å². The Bertz CT molecular complexity index is 538. The molecule has 1 aromatic carbocycles. The number of hydrogen-bond donors (Lipinski definition) is 2. The second-order valence-corrected chi connectivity index (χ2v) is 5.76. The number of nitrogens with zero attached hydrogens (tertiary/aromatic N) is 1. The molecule has 18 heavy (non-hydrogen) atoms. The highest BCUT2D eigenvalue weighted by Crippen LogP contribution is 2.34. The Balaban J connectivity index is 2.07. The fourth-order valence-corrected chi connectivity index (χ4v) is 2.92. The van der Waals surface area contributed by atoms with Gasteiger partial charge in [-0.2, -0.15) is 0 Å². The molecule has 1 fully saturated rings. The third-order valence-electron chi connectivity index (χ3n) is 4.31. The predicted molar refractivity (Wildman–Crippen MR) is 74.5 cm³/mol. The van der Waals surface area contributed by atoms with E-state index in [1.54, 1.807) is 0 Å². The minimum Gasteiger partial charge on any atom is -0.340 e. The van der Waals surface area contributed by atoms with E-state index in [9.17, 15) is 0 Å². The van der Waals surface area contributed by atoms with Crippen LogP contribution in [0.3, 0.4) is 0 Å². The largest absolute Gasteiger partial charge is 0.340 e. The number of aromatic amines is 1. The van der Waals surface area contributed by atoms with Gasteiger partial charge in [-0.15, -0.1) is 0 Å². The van der Waals surface area contributed by atoms with Crippen LogP contribution in [0, 0.1) is 13.8 Å². The van der Waals surface area contributed by atoms with E-state index in [0.29, 0.717) is 0 Å². The van der Waals surface area contributed by atoms with Crippen molar-refractivity contribution in [3.8, 4) is 0 Å². The Labute approximate surface area is 108 Å². The maximum Gasteiger partial charge on any atom is 0.127 e. The molecule has 1 saturated carbocycles. The van der Waals surface area contributed by atoms with E-state index in [0.717, 1.165) is 29.7 Å². The first-order chi connectivity index (χ1) is 8.58. The van der Waals surface area contributed by atoms with E-state index in [1.807, 2.05) is 0 Å². The Morgan fingerprint density at radius 1 is 1.11 bits per heavy atom. The first-order valence-electron chi connectivity index (χ1n) is 6.85. The van der Waals surface area contributed by atoms with Gasteiger partial charge in [-0.05, 0) is 49.9 Å². The van der Waals surface area contributed by atoms with Crippen LogP contribution in [-0.4, -0.2) is 9.97 Å². The van der Waals surface area contributed by atoms with Crippen LogP contribution < -0.4 is 5.73 Å². The minimum absolute atomic E-state index is 0.237. The maximum absolute atomic E-state index is 6.53. The van der Waals surface area contributed by atoms with Crippen molar-refractivity contribution in [2.45, 2.75) is 51.5 Å². The minimum atomic E-state index is -0.237. The molecule has 1 aliphatic carbocycles. The van der Waals surface area contributed by atoms with Crippen molar-refractivity contribution < 1.29 is 0 Å². The van der Waals surface area contributed by atoms with Gasteiger partial charge in [0.05, 0.1) is 16.6 Å². The van der Waals surface area contributed by atoms with Crippen LogP contribution in [0.15, 0.2) is 12.1 Å². The number of aryl methyl sites for hydroxylation is 2. The number of nitrogens with two attached hydrogens (primary N) is 1. The SMILES string of the molecule is Cc1cc2nc(C3(N)CCCCC3)[nH]c2cc1C. The van der Waals surface area contributed by atoms with Gasteiger partial charge in [0.1, 0.15) is 5.82 Å². The number of fused-ring (bicyclic) bond motifs is 1. The van der Waals surface area contributed by atoms with Crippen LogP contribution in [0.2, 0.25) is 0 Å². The van der Waals surface area contributed by atoms with E-state index >= 15 is 0 Å². The lowest BCUT2D eigenvalue weighted by Gasteiger charge is -2.31. The normalized spacial score (nSPS) is 19.3. The monoisotopic (exact) mass is 243 g/mol. The lowest BCUT2D eigenvalue weighted by Crippen LogP contribution is -2.39. The van der Waals surface area contributed by atoms with Crippen molar-refractivity contribution in [3.63, 3.8) is 0 Å². The topological polar surface area (TPSA) is 54.7 Å². The molecule has 3 N–H and O–H groups in total. The van der Waals surface area contributed by atoms with Crippen molar-refractivity contribution in [1.82, 2.24) is 9.97 Å². The zero-order valence-electron chi connectivity index (χ0n) is 11.2. The molecule has 3 nitrogen and oxygen atoms in total. The molecule has 0 saturated heterocycles.